The number of ether oxygens (including phenoxy) is 2. The quantitative estimate of drug-likeness (QED) is 0.257. The van der Waals surface area contributed by atoms with Crippen molar-refractivity contribution in [2.24, 2.45) is 0 Å². The second kappa shape index (κ2) is 10.3. The molecule has 7 heteroatoms. The number of benzene rings is 4. The normalized spacial score (nSPS) is 14.4. The Bertz CT molecular complexity index is 1540. The summed E-state index contributed by atoms with van der Waals surface area (Å²) in [6, 6.07) is 23.3. The lowest BCUT2D eigenvalue weighted by atomic mass is 9.79. The van der Waals surface area contributed by atoms with Gasteiger partial charge in [-0.1, -0.05) is 42.5 Å². The Hall–Kier alpha value is -4.78. The van der Waals surface area contributed by atoms with Crippen LogP contribution in [0.25, 0.3) is 11.1 Å². The van der Waals surface area contributed by atoms with E-state index in [1.165, 1.54) is 12.1 Å². The van der Waals surface area contributed by atoms with Crippen LogP contribution in [0.15, 0.2) is 96.2 Å². The third-order valence-electron chi connectivity index (χ3n) is 6.59. The molecular weight excluding hydrogens is 485 g/mol. The summed E-state index contributed by atoms with van der Waals surface area (Å²) in [5.41, 5.74) is 4.73. The van der Waals surface area contributed by atoms with E-state index < -0.39 is 11.9 Å². The van der Waals surface area contributed by atoms with Crippen LogP contribution in [0.3, 0.4) is 0 Å². The zero-order chi connectivity index (χ0) is 26.8. The van der Waals surface area contributed by atoms with Gasteiger partial charge in [-0.15, -0.1) is 0 Å². The first-order valence-electron chi connectivity index (χ1n) is 12.0. The molecule has 0 radical (unpaired) electrons. The SMILES string of the molecule is COc1ccccc1-c1cc(O)c2c(c1)NC(C)=C(C(=O)OCc1ccc(F)cc1)C2c1cccc(O)c1. The number of phenolic OH excluding ortho intramolecular Hbond substituents is 2. The molecule has 6 nitrogen and oxygen atoms in total. The maximum atomic E-state index is 13.5. The molecule has 0 aromatic heterocycles. The first kappa shape index (κ1) is 24.9. The van der Waals surface area contributed by atoms with Crippen molar-refractivity contribution in [3.05, 3.63) is 119 Å². The van der Waals surface area contributed by atoms with Gasteiger partial charge in [0.15, 0.2) is 0 Å². The molecule has 0 spiro atoms. The van der Waals surface area contributed by atoms with E-state index in [0.29, 0.717) is 39.4 Å². The van der Waals surface area contributed by atoms with E-state index in [-0.39, 0.29) is 23.9 Å². The van der Waals surface area contributed by atoms with Crippen molar-refractivity contribution >= 4 is 11.7 Å². The van der Waals surface area contributed by atoms with Crippen molar-refractivity contribution in [3.63, 3.8) is 0 Å². The van der Waals surface area contributed by atoms with E-state index >= 15 is 0 Å². The highest BCUT2D eigenvalue weighted by atomic mass is 19.1. The van der Waals surface area contributed by atoms with Gasteiger partial charge < -0.3 is 25.0 Å². The number of methoxy groups -OCH3 is 1. The summed E-state index contributed by atoms with van der Waals surface area (Å²) >= 11 is 0. The zero-order valence-electron chi connectivity index (χ0n) is 20.9. The van der Waals surface area contributed by atoms with Crippen LogP contribution in [0.2, 0.25) is 0 Å². The third-order valence-corrected chi connectivity index (χ3v) is 6.59. The zero-order valence-corrected chi connectivity index (χ0v) is 20.9. The number of carbonyl (C=O) groups excluding carboxylic acids is 1. The summed E-state index contributed by atoms with van der Waals surface area (Å²) < 4.78 is 24.4. The lowest BCUT2D eigenvalue weighted by Gasteiger charge is -2.31. The molecule has 0 amide bonds. The Morgan fingerprint density at radius 2 is 1.74 bits per heavy atom. The van der Waals surface area contributed by atoms with Crippen molar-refractivity contribution in [2.75, 3.05) is 12.4 Å². The number of hydrogen-bond acceptors (Lipinski definition) is 6. The summed E-state index contributed by atoms with van der Waals surface area (Å²) in [6.45, 7) is 1.72. The van der Waals surface area contributed by atoms with E-state index in [2.05, 4.69) is 5.32 Å². The molecule has 4 aromatic rings. The van der Waals surface area contributed by atoms with Crippen LogP contribution in [0.4, 0.5) is 10.1 Å². The van der Waals surface area contributed by atoms with E-state index in [0.717, 1.165) is 11.1 Å². The average molecular weight is 512 g/mol. The maximum Gasteiger partial charge on any atom is 0.337 e. The number of hydrogen-bond donors (Lipinski definition) is 3. The minimum absolute atomic E-state index is 0.0272. The number of halogens is 1. The van der Waals surface area contributed by atoms with Crippen LogP contribution < -0.4 is 10.1 Å². The van der Waals surface area contributed by atoms with Crippen LogP contribution in [-0.2, 0) is 16.1 Å². The van der Waals surface area contributed by atoms with Gasteiger partial charge in [0.1, 0.15) is 29.7 Å². The summed E-state index contributed by atoms with van der Waals surface area (Å²) in [5, 5.41) is 24.8. The molecule has 1 aliphatic heterocycles. The monoisotopic (exact) mass is 511 g/mol. The van der Waals surface area contributed by atoms with E-state index in [1.54, 1.807) is 56.5 Å². The molecule has 0 aliphatic carbocycles. The van der Waals surface area contributed by atoms with Crippen LogP contribution in [0.1, 0.15) is 29.5 Å². The number of esters is 1. The highest BCUT2D eigenvalue weighted by molar-refractivity contribution is 5.96. The van der Waals surface area contributed by atoms with Gasteiger partial charge in [-0.05, 0) is 66.1 Å². The Kier molecular flexibility index (Phi) is 6.75. The highest BCUT2D eigenvalue weighted by Gasteiger charge is 2.36. The number of nitrogens with one attached hydrogen (secondary N) is 1. The molecule has 4 aromatic carbocycles. The maximum absolute atomic E-state index is 13.5. The van der Waals surface area contributed by atoms with Gasteiger partial charge in [-0.3, -0.25) is 0 Å². The molecule has 38 heavy (non-hydrogen) atoms. The molecule has 5 rings (SSSR count). The highest BCUT2D eigenvalue weighted by Crippen LogP contribution is 2.49. The van der Waals surface area contributed by atoms with Gasteiger partial charge in [0.2, 0.25) is 0 Å². The van der Waals surface area contributed by atoms with Gasteiger partial charge >= 0.3 is 5.97 Å². The molecule has 1 atom stereocenters. The fraction of sp³-hybridized carbons (Fsp3) is 0.129. The molecule has 1 heterocycles. The Morgan fingerprint density at radius 1 is 0.974 bits per heavy atom. The first-order valence-corrected chi connectivity index (χ1v) is 12.0. The first-order chi connectivity index (χ1) is 18.4. The predicted molar refractivity (Wildman–Crippen MR) is 143 cm³/mol. The smallest absolute Gasteiger partial charge is 0.337 e. The van der Waals surface area contributed by atoms with Crippen LogP contribution in [0.5, 0.6) is 17.2 Å². The average Bonchev–Trinajstić information content (AvgIpc) is 2.91. The summed E-state index contributed by atoms with van der Waals surface area (Å²) in [7, 11) is 1.59. The van der Waals surface area contributed by atoms with Gasteiger partial charge in [0.25, 0.3) is 0 Å². The molecule has 0 saturated heterocycles. The number of aromatic hydroxyl groups is 2. The molecule has 0 bridgehead atoms. The number of phenols is 2. The summed E-state index contributed by atoms with van der Waals surface area (Å²) in [5.74, 6) is -1.02. The molecule has 1 unspecified atom stereocenters. The topological polar surface area (TPSA) is 88.0 Å². The van der Waals surface area contributed by atoms with E-state index in [4.69, 9.17) is 9.47 Å². The van der Waals surface area contributed by atoms with Gasteiger partial charge in [0.05, 0.1) is 12.7 Å². The summed E-state index contributed by atoms with van der Waals surface area (Å²) in [6.07, 6.45) is 0. The Morgan fingerprint density at radius 3 is 2.47 bits per heavy atom. The minimum atomic E-state index is -0.717. The molecule has 1 aliphatic rings. The van der Waals surface area contributed by atoms with Gasteiger partial charge in [0, 0.05) is 28.4 Å². The number of rotatable bonds is 6. The van der Waals surface area contributed by atoms with Crippen molar-refractivity contribution in [2.45, 2.75) is 19.4 Å². The standard InChI is InChI=1S/C31H26FNO5/c1-18-28(31(36)38-17-19-10-12-22(32)13-11-19)29(20-6-5-7-23(34)14-20)30-25(33-18)15-21(16-26(30)35)24-8-3-4-9-27(24)37-2/h3-16,29,33-35H,17H2,1-2H3. The second-order valence-corrected chi connectivity index (χ2v) is 9.05. The number of anilines is 1. The van der Waals surface area contributed by atoms with E-state index in [1.807, 2.05) is 30.3 Å². The molecule has 192 valence electrons. The van der Waals surface area contributed by atoms with Crippen molar-refractivity contribution < 1.29 is 28.9 Å². The lowest BCUT2D eigenvalue weighted by molar-refractivity contribution is -0.140. The lowest BCUT2D eigenvalue weighted by Crippen LogP contribution is -2.24. The minimum Gasteiger partial charge on any atom is -0.508 e. The predicted octanol–water partition coefficient (Wildman–Crippen LogP) is 6.49. The van der Waals surface area contributed by atoms with Crippen LogP contribution >= 0.6 is 0 Å². The van der Waals surface area contributed by atoms with Crippen LogP contribution in [0, 0.1) is 5.82 Å². The Balaban J connectivity index is 1.59. The van der Waals surface area contributed by atoms with Gasteiger partial charge in [-0.25, -0.2) is 9.18 Å². The fourth-order valence-electron chi connectivity index (χ4n) is 4.83. The number of carbonyl (C=O) groups is 1. The molecule has 3 N–H and O–H groups in total. The largest absolute Gasteiger partial charge is 0.508 e. The van der Waals surface area contributed by atoms with Crippen molar-refractivity contribution in [3.8, 4) is 28.4 Å². The molecular formula is C31H26FNO5. The van der Waals surface area contributed by atoms with Crippen molar-refractivity contribution in [1.29, 1.82) is 0 Å². The number of fused-ring (bicyclic) bond motifs is 1. The summed E-state index contributed by atoms with van der Waals surface area (Å²) in [4.78, 5) is 13.5. The fourth-order valence-corrected chi connectivity index (χ4v) is 4.83. The van der Waals surface area contributed by atoms with Crippen molar-refractivity contribution in [1.82, 2.24) is 0 Å². The van der Waals surface area contributed by atoms with Gasteiger partial charge in [-0.2, -0.15) is 0 Å². The molecule has 0 saturated carbocycles. The number of allylic oxidation sites excluding steroid dienone is 1. The second-order valence-electron chi connectivity index (χ2n) is 9.05. The number of para-hydroxylation sites is 1. The van der Waals surface area contributed by atoms with Crippen LogP contribution in [-0.4, -0.2) is 23.3 Å². The Labute approximate surface area is 219 Å². The van der Waals surface area contributed by atoms with E-state index in [9.17, 15) is 19.4 Å². The third kappa shape index (κ3) is 4.78. The molecule has 0 fully saturated rings.